The van der Waals surface area contributed by atoms with Gasteiger partial charge in [0.05, 0.1) is 11.8 Å². The average Bonchev–Trinajstić information content (AvgIpc) is 2.96. The van der Waals surface area contributed by atoms with Crippen LogP contribution in [-0.2, 0) is 18.4 Å². The Balaban J connectivity index is 2.10. The molecule has 2 amide bonds. The van der Waals surface area contributed by atoms with Crippen molar-refractivity contribution in [3.63, 3.8) is 0 Å². The second kappa shape index (κ2) is 7.92. The predicted molar refractivity (Wildman–Crippen MR) is 92.2 cm³/mol. The van der Waals surface area contributed by atoms with Crippen LogP contribution in [0, 0.1) is 11.7 Å². The van der Waals surface area contributed by atoms with Crippen LogP contribution in [0.2, 0.25) is 0 Å². The Morgan fingerprint density at radius 3 is 2.56 bits per heavy atom. The third kappa shape index (κ3) is 4.65. The maximum atomic E-state index is 13.8. The molecule has 1 heterocycles. The van der Waals surface area contributed by atoms with Gasteiger partial charge in [-0.2, -0.15) is 5.10 Å². The van der Waals surface area contributed by atoms with E-state index in [9.17, 15) is 14.0 Å². The highest BCUT2D eigenvalue weighted by atomic mass is 19.1. The van der Waals surface area contributed by atoms with Crippen molar-refractivity contribution in [2.75, 3.05) is 7.05 Å². The molecule has 0 fully saturated rings. The number of nitrogens with zero attached hydrogens (tertiary/aromatic N) is 3. The molecule has 0 spiro atoms. The van der Waals surface area contributed by atoms with Gasteiger partial charge in [-0.05, 0) is 18.1 Å². The van der Waals surface area contributed by atoms with E-state index in [0.717, 1.165) is 5.56 Å². The molecule has 0 saturated heterocycles. The monoisotopic (exact) mass is 346 g/mol. The Kier molecular flexibility index (Phi) is 5.90. The van der Waals surface area contributed by atoms with Crippen LogP contribution in [0.1, 0.15) is 29.8 Å². The summed E-state index contributed by atoms with van der Waals surface area (Å²) < 4.78 is 15.4. The zero-order chi connectivity index (χ0) is 18.6. The van der Waals surface area contributed by atoms with Crippen molar-refractivity contribution in [3.8, 4) is 0 Å². The summed E-state index contributed by atoms with van der Waals surface area (Å²) in [6.45, 7) is 4.05. The lowest BCUT2D eigenvalue weighted by atomic mass is 10.0. The topological polar surface area (TPSA) is 67.2 Å². The maximum absolute atomic E-state index is 13.8. The summed E-state index contributed by atoms with van der Waals surface area (Å²) in [6.07, 6.45) is 3.51. The predicted octanol–water partition coefficient (Wildman–Crippen LogP) is 1.97. The van der Waals surface area contributed by atoms with E-state index in [-0.39, 0.29) is 17.4 Å². The van der Waals surface area contributed by atoms with E-state index in [1.165, 1.54) is 23.1 Å². The fourth-order valence-corrected chi connectivity index (χ4v) is 2.52. The van der Waals surface area contributed by atoms with E-state index < -0.39 is 17.8 Å². The van der Waals surface area contributed by atoms with Crippen LogP contribution in [0.5, 0.6) is 0 Å². The van der Waals surface area contributed by atoms with E-state index in [1.54, 1.807) is 31.0 Å². The average molecular weight is 346 g/mol. The van der Waals surface area contributed by atoms with Crippen LogP contribution in [0.15, 0.2) is 36.7 Å². The number of likely N-dealkylation sites (N-methyl/N-ethyl adjacent to an activating group) is 1. The van der Waals surface area contributed by atoms with Gasteiger partial charge in [0.25, 0.3) is 5.91 Å². The number of amides is 2. The number of nitrogens with one attached hydrogen (secondary N) is 1. The van der Waals surface area contributed by atoms with Crippen molar-refractivity contribution < 1.29 is 14.0 Å². The molecule has 0 bridgehead atoms. The number of hydrogen-bond donors (Lipinski definition) is 1. The SMILES string of the molecule is CC(C)C(NC(=O)c1ccccc1F)C(=O)N(C)Cc1cnn(C)c1. The molecule has 1 aromatic carbocycles. The van der Waals surface area contributed by atoms with Gasteiger partial charge in [-0.25, -0.2) is 4.39 Å². The van der Waals surface area contributed by atoms with Gasteiger partial charge < -0.3 is 10.2 Å². The number of halogens is 1. The largest absolute Gasteiger partial charge is 0.340 e. The van der Waals surface area contributed by atoms with Crippen molar-refractivity contribution in [1.29, 1.82) is 0 Å². The molecule has 2 aromatic rings. The van der Waals surface area contributed by atoms with Gasteiger partial charge in [0.2, 0.25) is 5.91 Å². The molecule has 2 rings (SSSR count). The van der Waals surface area contributed by atoms with Crippen LogP contribution < -0.4 is 5.32 Å². The summed E-state index contributed by atoms with van der Waals surface area (Å²) in [7, 11) is 3.47. The zero-order valence-electron chi connectivity index (χ0n) is 14.9. The highest BCUT2D eigenvalue weighted by molar-refractivity contribution is 5.97. The molecule has 0 aliphatic heterocycles. The minimum Gasteiger partial charge on any atom is -0.340 e. The van der Waals surface area contributed by atoms with Crippen molar-refractivity contribution in [2.45, 2.75) is 26.4 Å². The summed E-state index contributed by atoms with van der Waals surface area (Å²) in [5.41, 5.74) is 0.817. The van der Waals surface area contributed by atoms with E-state index in [4.69, 9.17) is 0 Å². The first kappa shape index (κ1) is 18.6. The second-order valence-corrected chi connectivity index (χ2v) is 6.39. The lowest BCUT2D eigenvalue weighted by molar-refractivity contribution is -0.133. The Morgan fingerprint density at radius 1 is 1.32 bits per heavy atom. The van der Waals surface area contributed by atoms with Gasteiger partial charge in [0.15, 0.2) is 0 Å². The summed E-state index contributed by atoms with van der Waals surface area (Å²) in [5, 5.41) is 6.73. The van der Waals surface area contributed by atoms with Crippen LogP contribution in [-0.4, -0.2) is 39.6 Å². The first-order valence-electron chi connectivity index (χ1n) is 8.07. The van der Waals surface area contributed by atoms with Crippen molar-refractivity contribution in [1.82, 2.24) is 20.0 Å². The third-order valence-corrected chi connectivity index (χ3v) is 3.89. The summed E-state index contributed by atoms with van der Waals surface area (Å²) in [6, 6.07) is 4.97. The van der Waals surface area contributed by atoms with Gasteiger partial charge in [-0.3, -0.25) is 14.3 Å². The number of carbonyl (C=O) groups is 2. The van der Waals surface area contributed by atoms with E-state index >= 15 is 0 Å². The number of benzene rings is 1. The highest BCUT2D eigenvalue weighted by Gasteiger charge is 2.28. The van der Waals surface area contributed by atoms with Crippen molar-refractivity contribution in [3.05, 3.63) is 53.6 Å². The molecule has 0 aliphatic carbocycles. The lowest BCUT2D eigenvalue weighted by Gasteiger charge is -2.27. The fraction of sp³-hybridized carbons (Fsp3) is 0.389. The summed E-state index contributed by atoms with van der Waals surface area (Å²) in [4.78, 5) is 26.6. The number of hydrogen-bond acceptors (Lipinski definition) is 3. The van der Waals surface area contributed by atoms with Crippen LogP contribution in [0.25, 0.3) is 0 Å². The molecule has 7 heteroatoms. The van der Waals surface area contributed by atoms with Crippen LogP contribution in [0.3, 0.4) is 0 Å². The lowest BCUT2D eigenvalue weighted by Crippen LogP contribution is -2.50. The number of rotatable bonds is 6. The molecule has 1 N–H and O–H groups in total. The van der Waals surface area contributed by atoms with Gasteiger partial charge in [-0.1, -0.05) is 26.0 Å². The number of aryl methyl sites for hydroxylation is 1. The minimum absolute atomic E-state index is 0.0733. The molecule has 25 heavy (non-hydrogen) atoms. The van der Waals surface area contributed by atoms with Gasteiger partial charge >= 0.3 is 0 Å². The highest BCUT2D eigenvalue weighted by Crippen LogP contribution is 2.12. The smallest absolute Gasteiger partial charge is 0.254 e. The quantitative estimate of drug-likeness (QED) is 0.870. The molecule has 1 aromatic heterocycles. The molecule has 0 saturated carbocycles. The molecule has 1 atom stereocenters. The molecule has 1 unspecified atom stereocenters. The van der Waals surface area contributed by atoms with Crippen LogP contribution in [0.4, 0.5) is 4.39 Å². The summed E-state index contributed by atoms with van der Waals surface area (Å²) in [5.74, 6) is -1.58. The molecule has 6 nitrogen and oxygen atoms in total. The Morgan fingerprint density at radius 2 is 2.00 bits per heavy atom. The Bertz CT molecular complexity index is 757. The second-order valence-electron chi connectivity index (χ2n) is 6.39. The van der Waals surface area contributed by atoms with E-state index in [2.05, 4.69) is 10.4 Å². The Labute approximate surface area is 146 Å². The van der Waals surface area contributed by atoms with Crippen molar-refractivity contribution >= 4 is 11.8 Å². The molecule has 134 valence electrons. The number of aromatic nitrogens is 2. The zero-order valence-corrected chi connectivity index (χ0v) is 14.9. The standard InChI is InChI=1S/C18H23FN4O2/c1-12(2)16(21-17(24)14-7-5-6-8-15(14)19)18(25)22(3)10-13-9-20-23(4)11-13/h5-9,11-12,16H,10H2,1-4H3,(H,21,24). The number of carbonyl (C=O) groups excluding carboxylic acids is 2. The molecular formula is C18H23FN4O2. The third-order valence-electron chi connectivity index (χ3n) is 3.89. The van der Waals surface area contributed by atoms with E-state index in [0.29, 0.717) is 6.54 Å². The fourth-order valence-electron chi connectivity index (χ4n) is 2.52. The van der Waals surface area contributed by atoms with Gasteiger partial charge in [-0.15, -0.1) is 0 Å². The molecule has 0 aliphatic rings. The van der Waals surface area contributed by atoms with Crippen molar-refractivity contribution in [2.24, 2.45) is 13.0 Å². The van der Waals surface area contributed by atoms with Gasteiger partial charge in [0.1, 0.15) is 11.9 Å². The van der Waals surface area contributed by atoms with Crippen LogP contribution >= 0.6 is 0 Å². The minimum atomic E-state index is -0.742. The Hall–Kier alpha value is -2.70. The maximum Gasteiger partial charge on any atom is 0.254 e. The molecular weight excluding hydrogens is 323 g/mol. The van der Waals surface area contributed by atoms with E-state index in [1.807, 2.05) is 20.0 Å². The molecule has 0 radical (unpaired) electrons. The summed E-state index contributed by atoms with van der Waals surface area (Å²) >= 11 is 0. The first-order chi connectivity index (χ1) is 11.8. The normalized spacial score (nSPS) is 12.1. The van der Waals surface area contributed by atoms with Gasteiger partial charge in [0, 0.05) is 32.4 Å². The first-order valence-corrected chi connectivity index (χ1v) is 8.07.